The number of anilines is 1. The summed E-state index contributed by atoms with van der Waals surface area (Å²) in [5.74, 6) is 1.22. The topological polar surface area (TPSA) is 29.3 Å². The molecule has 0 radical (unpaired) electrons. The molecular formula is C13H18N2OS. The number of nitrogens with zero attached hydrogens (tertiary/aromatic N) is 2. The van der Waals surface area contributed by atoms with Gasteiger partial charge in [-0.25, -0.2) is 0 Å². The second-order valence-corrected chi connectivity index (χ2v) is 5.07. The van der Waals surface area contributed by atoms with E-state index in [1.54, 1.807) is 0 Å². The Morgan fingerprint density at radius 3 is 2.88 bits per heavy atom. The van der Waals surface area contributed by atoms with Crippen LogP contribution in [0.2, 0.25) is 0 Å². The summed E-state index contributed by atoms with van der Waals surface area (Å²) >= 11 is 1.90. The molecule has 0 aliphatic carbocycles. The fraction of sp³-hybridized carbons (Fsp3) is 0.462. The quantitative estimate of drug-likeness (QED) is 0.735. The third kappa shape index (κ3) is 3.16. The molecule has 0 spiro atoms. The van der Waals surface area contributed by atoms with Crippen molar-refractivity contribution in [3.63, 3.8) is 0 Å². The minimum Gasteiger partial charge on any atom is -0.423 e. The number of hydrogen-bond donors (Lipinski definition) is 0. The van der Waals surface area contributed by atoms with Crippen LogP contribution < -0.4 is 4.90 Å². The molecule has 0 bridgehead atoms. The second-order valence-electron chi connectivity index (χ2n) is 4.09. The summed E-state index contributed by atoms with van der Waals surface area (Å²) in [5, 5.41) is 0. The van der Waals surface area contributed by atoms with Gasteiger partial charge in [0.1, 0.15) is 5.52 Å². The van der Waals surface area contributed by atoms with E-state index in [1.807, 2.05) is 43.1 Å². The Morgan fingerprint density at radius 1 is 1.29 bits per heavy atom. The highest BCUT2D eigenvalue weighted by molar-refractivity contribution is 7.98. The monoisotopic (exact) mass is 250 g/mol. The Kier molecular flexibility index (Phi) is 4.31. The number of para-hydroxylation sites is 2. The lowest BCUT2D eigenvalue weighted by Gasteiger charge is -2.13. The van der Waals surface area contributed by atoms with E-state index in [9.17, 15) is 0 Å². The standard InChI is InChI=1S/C13H18N2OS/c1-15(9-5-6-10-17-2)13-14-11-7-3-4-8-12(11)16-13/h3-4,7-8H,5-6,9-10H2,1-2H3. The molecule has 17 heavy (non-hydrogen) atoms. The molecule has 0 aliphatic heterocycles. The maximum atomic E-state index is 5.70. The molecule has 1 heterocycles. The summed E-state index contributed by atoms with van der Waals surface area (Å²) in [7, 11) is 2.03. The van der Waals surface area contributed by atoms with Crippen LogP contribution in [-0.2, 0) is 0 Å². The van der Waals surface area contributed by atoms with E-state index in [4.69, 9.17) is 4.42 Å². The average Bonchev–Trinajstić information content (AvgIpc) is 2.78. The SMILES string of the molecule is CSCCCCN(C)c1nc2ccccc2o1. The molecule has 1 aromatic heterocycles. The smallest absolute Gasteiger partial charge is 0.298 e. The van der Waals surface area contributed by atoms with E-state index >= 15 is 0 Å². The van der Waals surface area contributed by atoms with Gasteiger partial charge in [-0.1, -0.05) is 12.1 Å². The van der Waals surface area contributed by atoms with Crippen LogP contribution >= 0.6 is 11.8 Å². The Balaban J connectivity index is 1.96. The van der Waals surface area contributed by atoms with Crippen LogP contribution in [-0.4, -0.2) is 30.6 Å². The number of aromatic nitrogens is 1. The van der Waals surface area contributed by atoms with E-state index in [0.717, 1.165) is 23.7 Å². The van der Waals surface area contributed by atoms with Gasteiger partial charge in [-0.3, -0.25) is 0 Å². The summed E-state index contributed by atoms with van der Waals surface area (Å²) < 4.78 is 5.70. The van der Waals surface area contributed by atoms with Crippen molar-refractivity contribution in [2.75, 3.05) is 30.5 Å². The number of benzene rings is 1. The second kappa shape index (κ2) is 5.96. The zero-order chi connectivity index (χ0) is 12.1. The van der Waals surface area contributed by atoms with Gasteiger partial charge in [0.15, 0.2) is 5.58 Å². The summed E-state index contributed by atoms with van der Waals surface area (Å²) in [5.41, 5.74) is 1.79. The van der Waals surface area contributed by atoms with Crippen molar-refractivity contribution in [2.24, 2.45) is 0 Å². The van der Waals surface area contributed by atoms with Crippen LogP contribution in [0.15, 0.2) is 28.7 Å². The van der Waals surface area contributed by atoms with Crippen molar-refractivity contribution in [2.45, 2.75) is 12.8 Å². The number of thioether (sulfide) groups is 1. The number of fused-ring (bicyclic) bond motifs is 1. The van der Waals surface area contributed by atoms with E-state index in [-0.39, 0.29) is 0 Å². The molecule has 92 valence electrons. The zero-order valence-electron chi connectivity index (χ0n) is 10.3. The normalized spacial score (nSPS) is 10.9. The minimum absolute atomic E-state index is 0.718. The fourth-order valence-corrected chi connectivity index (χ4v) is 2.21. The fourth-order valence-electron chi connectivity index (χ4n) is 1.71. The Bertz CT molecular complexity index is 436. The van der Waals surface area contributed by atoms with Crippen LogP contribution in [0.4, 0.5) is 6.01 Å². The third-order valence-corrected chi connectivity index (χ3v) is 3.40. The van der Waals surface area contributed by atoms with E-state index in [0.29, 0.717) is 0 Å². The number of rotatable bonds is 6. The first-order valence-corrected chi connectivity index (χ1v) is 7.26. The van der Waals surface area contributed by atoms with Crippen molar-refractivity contribution in [1.29, 1.82) is 0 Å². The lowest BCUT2D eigenvalue weighted by Crippen LogP contribution is -2.18. The highest BCUT2D eigenvalue weighted by Crippen LogP contribution is 2.20. The van der Waals surface area contributed by atoms with Crippen LogP contribution in [0, 0.1) is 0 Å². The lowest BCUT2D eigenvalue weighted by atomic mass is 10.3. The first kappa shape index (κ1) is 12.3. The molecule has 2 aromatic rings. The van der Waals surface area contributed by atoms with Gasteiger partial charge < -0.3 is 9.32 Å². The predicted molar refractivity (Wildman–Crippen MR) is 74.9 cm³/mol. The van der Waals surface area contributed by atoms with Gasteiger partial charge in [-0.2, -0.15) is 16.7 Å². The Hall–Kier alpha value is -1.16. The highest BCUT2D eigenvalue weighted by Gasteiger charge is 2.08. The maximum absolute atomic E-state index is 5.70. The van der Waals surface area contributed by atoms with Crippen LogP contribution in [0.5, 0.6) is 0 Å². The molecule has 0 unspecified atom stereocenters. The first-order chi connectivity index (χ1) is 8.31. The van der Waals surface area contributed by atoms with E-state index in [1.165, 1.54) is 18.6 Å². The average molecular weight is 250 g/mol. The molecule has 2 rings (SSSR count). The van der Waals surface area contributed by atoms with Gasteiger partial charge in [-0.15, -0.1) is 0 Å². The van der Waals surface area contributed by atoms with Gasteiger partial charge in [0.05, 0.1) is 0 Å². The Morgan fingerprint density at radius 2 is 2.12 bits per heavy atom. The van der Waals surface area contributed by atoms with Gasteiger partial charge in [-0.05, 0) is 37.0 Å². The zero-order valence-corrected chi connectivity index (χ0v) is 11.2. The van der Waals surface area contributed by atoms with E-state index < -0.39 is 0 Å². The molecule has 0 amide bonds. The summed E-state index contributed by atoms with van der Waals surface area (Å²) in [6.07, 6.45) is 4.56. The van der Waals surface area contributed by atoms with Crippen molar-refractivity contribution in [3.05, 3.63) is 24.3 Å². The minimum atomic E-state index is 0.718. The van der Waals surface area contributed by atoms with Gasteiger partial charge in [0.2, 0.25) is 0 Å². The van der Waals surface area contributed by atoms with Gasteiger partial charge in [0.25, 0.3) is 6.01 Å². The molecule has 0 atom stereocenters. The maximum Gasteiger partial charge on any atom is 0.298 e. The van der Waals surface area contributed by atoms with Crippen LogP contribution in [0.3, 0.4) is 0 Å². The van der Waals surface area contributed by atoms with Crippen molar-refractivity contribution >= 4 is 28.9 Å². The number of oxazole rings is 1. The molecule has 0 saturated heterocycles. The molecule has 0 saturated carbocycles. The highest BCUT2D eigenvalue weighted by atomic mass is 32.2. The molecule has 3 nitrogen and oxygen atoms in total. The summed E-state index contributed by atoms with van der Waals surface area (Å²) in [6.45, 7) is 0.993. The molecule has 4 heteroatoms. The van der Waals surface area contributed by atoms with E-state index in [2.05, 4.69) is 16.1 Å². The summed E-state index contributed by atoms with van der Waals surface area (Å²) in [4.78, 5) is 6.55. The number of hydrogen-bond acceptors (Lipinski definition) is 4. The molecular weight excluding hydrogens is 232 g/mol. The van der Waals surface area contributed by atoms with Crippen LogP contribution in [0.1, 0.15) is 12.8 Å². The van der Waals surface area contributed by atoms with Crippen molar-refractivity contribution in [3.8, 4) is 0 Å². The largest absolute Gasteiger partial charge is 0.423 e. The predicted octanol–water partition coefficient (Wildman–Crippen LogP) is 3.41. The summed E-state index contributed by atoms with van der Waals surface area (Å²) in [6, 6.07) is 8.59. The number of unbranched alkanes of at least 4 members (excludes halogenated alkanes) is 1. The lowest BCUT2D eigenvalue weighted by molar-refractivity contribution is 0.577. The van der Waals surface area contributed by atoms with Gasteiger partial charge in [0, 0.05) is 13.6 Å². The van der Waals surface area contributed by atoms with Crippen molar-refractivity contribution < 1.29 is 4.42 Å². The van der Waals surface area contributed by atoms with Crippen molar-refractivity contribution in [1.82, 2.24) is 4.98 Å². The first-order valence-electron chi connectivity index (χ1n) is 5.87. The molecule has 0 aliphatic rings. The van der Waals surface area contributed by atoms with Crippen LogP contribution in [0.25, 0.3) is 11.1 Å². The molecule has 0 fully saturated rings. The van der Waals surface area contributed by atoms with Gasteiger partial charge >= 0.3 is 0 Å². The molecule has 1 aromatic carbocycles. The third-order valence-electron chi connectivity index (χ3n) is 2.70. The molecule has 0 N–H and O–H groups in total. The Labute approximate surface area is 106 Å².